The quantitative estimate of drug-likeness (QED) is 0.582. The first kappa shape index (κ1) is 8.68. The summed E-state index contributed by atoms with van der Waals surface area (Å²) in [6, 6.07) is 12.1. The minimum Gasteiger partial charge on any atom is -0.256 e. The van der Waals surface area contributed by atoms with E-state index in [2.05, 4.69) is 17.1 Å². The molecule has 1 radical (unpaired) electrons. The molecule has 2 nitrogen and oxygen atoms in total. The van der Waals surface area contributed by atoms with Crippen LogP contribution in [-0.2, 0) is 5.11 Å². The zero-order chi connectivity index (χ0) is 8.81. The van der Waals surface area contributed by atoms with Crippen LogP contribution in [-0.4, -0.2) is 12.1 Å². The van der Waals surface area contributed by atoms with Crippen molar-refractivity contribution in [3.63, 3.8) is 0 Å². The summed E-state index contributed by atoms with van der Waals surface area (Å²) >= 11 is 0. The minimum absolute atomic E-state index is 0.750. The van der Waals surface area contributed by atoms with Crippen LogP contribution in [0.1, 0.15) is 0 Å². The zero-order valence-corrected chi connectivity index (χ0v) is 6.90. The summed E-state index contributed by atoms with van der Waals surface area (Å²) in [7, 11) is 0.750. The molecule has 0 aliphatic carbocycles. The molecular weight excluding hydrogens is 150 g/mol. The van der Waals surface area contributed by atoms with Gasteiger partial charge in [-0.2, -0.15) is 0 Å². The van der Waals surface area contributed by atoms with Gasteiger partial charge in [-0.05, 0) is 12.1 Å². The van der Waals surface area contributed by atoms with Crippen LogP contribution in [0.15, 0.2) is 42.6 Å². The molecule has 1 aromatic heterocycles. The minimum atomic E-state index is 0.750. The van der Waals surface area contributed by atoms with Crippen LogP contribution in [0.25, 0.3) is 10.9 Å². The van der Waals surface area contributed by atoms with E-state index in [9.17, 15) is 0 Å². The molecule has 0 N–H and O–H groups in total. The number of rotatable bonds is 0. The van der Waals surface area contributed by atoms with Gasteiger partial charge in [0, 0.05) is 11.6 Å². The van der Waals surface area contributed by atoms with Gasteiger partial charge in [-0.15, -0.1) is 0 Å². The number of aromatic nitrogens is 1. The van der Waals surface area contributed by atoms with Gasteiger partial charge in [0.25, 0.3) is 0 Å². The van der Waals surface area contributed by atoms with E-state index in [4.69, 9.17) is 5.11 Å². The average molecular weight is 160 g/mol. The van der Waals surface area contributed by atoms with Crippen LogP contribution in [0.3, 0.4) is 0 Å². The number of fused-ring (bicyclic) bond motifs is 1. The van der Waals surface area contributed by atoms with E-state index in [1.807, 2.05) is 30.5 Å². The van der Waals surface area contributed by atoms with Gasteiger partial charge in [0.2, 0.25) is 0 Å². The molecule has 0 aliphatic heterocycles. The summed E-state index contributed by atoms with van der Waals surface area (Å²) in [6.45, 7) is 0. The number of pyridine rings is 1. The van der Waals surface area contributed by atoms with E-state index in [1.54, 1.807) is 0 Å². The summed E-state index contributed by atoms with van der Waals surface area (Å²) < 4.78 is 0. The lowest BCUT2D eigenvalue weighted by molar-refractivity contribution is 0.282. The molecule has 0 atom stereocenters. The molecule has 0 bridgehead atoms. The lowest BCUT2D eigenvalue weighted by atomic mass is 10.2. The summed E-state index contributed by atoms with van der Waals surface area (Å²) in [5.74, 6) is 0. The first-order chi connectivity index (χ1) is 5.97. The smallest absolute Gasteiger partial charge is 0.0712 e. The molecule has 0 saturated heterocycles. The summed E-state index contributed by atoms with van der Waals surface area (Å²) in [5, 5.41) is 9.45. The molecule has 2 rings (SSSR count). The van der Waals surface area contributed by atoms with Crippen molar-refractivity contribution in [3.8, 4) is 0 Å². The van der Waals surface area contributed by atoms with Gasteiger partial charge < -0.3 is 0 Å². The Morgan fingerprint density at radius 1 is 1.00 bits per heavy atom. The molecule has 1 aromatic carbocycles. The highest BCUT2D eigenvalue weighted by molar-refractivity contribution is 5.77. The van der Waals surface area contributed by atoms with Crippen molar-refractivity contribution in [2.75, 3.05) is 7.11 Å². The Hall–Kier alpha value is -1.41. The van der Waals surface area contributed by atoms with Crippen molar-refractivity contribution in [2.24, 2.45) is 0 Å². The zero-order valence-electron chi connectivity index (χ0n) is 6.90. The monoisotopic (exact) mass is 160 g/mol. The normalized spacial score (nSPS) is 8.83. The van der Waals surface area contributed by atoms with Crippen molar-refractivity contribution >= 4 is 10.9 Å². The van der Waals surface area contributed by atoms with Crippen LogP contribution in [0, 0.1) is 0 Å². The van der Waals surface area contributed by atoms with Gasteiger partial charge in [0.15, 0.2) is 0 Å². The molecular formula is C10H10NO. The third-order valence-corrected chi connectivity index (χ3v) is 1.51. The number of hydrogen-bond donors (Lipinski definition) is 0. The van der Waals surface area contributed by atoms with E-state index in [-0.39, 0.29) is 0 Å². The standard InChI is InChI=1S/C9H7N.CH3O/c1-2-6-9-8(4-1)5-3-7-10-9;1-2/h1-7H;1H3. The largest absolute Gasteiger partial charge is 0.256 e. The molecule has 1 heterocycles. The van der Waals surface area contributed by atoms with E-state index < -0.39 is 0 Å². The predicted octanol–water partition coefficient (Wildman–Crippen LogP) is 2.28. The van der Waals surface area contributed by atoms with Crippen molar-refractivity contribution < 1.29 is 5.11 Å². The second-order valence-corrected chi connectivity index (χ2v) is 2.20. The molecule has 0 amide bonds. The van der Waals surface area contributed by atoms with E-state index in [1.165, 1.54) is 5.39 Å². The molecule has 0 saturated carbocycles. The fourth-order valence-corrected chi connectivity index (χ4v) is 1.02. The Bertz CT molecular complexity index is 281. The third-order valence-electron chi connectivity index (χ3n) is 1.51. The van der Waals surface area contributed by atoms with Crippen LogP contribution in [0.2, 0.25) is 0 Å². The van der Waals surface area contributed by atoms with Crippen LogP contribution in [0.5, 0.6) is 0 Å². The highest BCUT2D eigenvalue weighted by Gasteiger charge is 1.86. The summed E-state index contributed by atoms with van der Waals surface area (Å²) in [5.41, 5.74) is 1.06. The van der Waals surface area contributed by atoms with Crippen molar-refractivity contribution in [2.45, 2.75) is 0 Å². The number of para-hydroxylation sites is 1. The van der Waals surface area contributed by atoms with Crippen molar-refractivity contribution in [1.29, 1.82) is 0 Å². The summed E-state index contributed by atoms with van der Waals surface area (Å²) in [4.78, 5) is 4.18. The number of nitrogens with zero attached hydrogens (tertiary/aromatic N) is 1. The lowest BCUT2D eigenvalue weighted by Crippen LogP contribution is -1.73. The molecule has 61 valence electrons. The molecule has 0 aliphatic rings. The van der Waals surface area contributed by atoms with Gasteiger partial charge in [0.05, 0.1) is 12.6 Å². The first-order valence-corrected chi connectivity index (χ1v) is 3.67. The fraction of sp³-hybridized carbons (Fsp3) is 0.100. The topological polar surface area (TPSA) is 32.8 Å². The Kier molecular flexibility index (Phi) is 3.23. The van der Waals surface area contributed by atoms with Gasteiger partial charge in [0.1, 0.15) is 0 Å². The van der Waals surface area contributed by atoms with Gasteiger partial charge in [-0.3, -0.25) is 4.98 Å². The SMILES string of the molecule is C[O].c1ccc2ncccc2c1. The second kappa shape index (κ2) is 4.46. The Balaban J connectivity index is 0.000000336. The average Bonchev–Trinajstić information content (AvgIpc) is 2.21. The highest BCUT2D eigenvalue weighted by Crippen LogP contribution is 2.07. The molecule has 2 aromatic rings. The predicted molar refractivity (Wildman–Crippen MR) is 48.4 cm³/mol. The van der Waals surface area contributed by atoms with Gasteiger partial charge in [-0.1, -0.05) is 24.3 Å². The van der Waals surface area contributed by atoms with Crippen LogP contribution >= 0.6 is 0 Å². The fourth-order valence-electron chi connectivity index (χ4n) is 1.02. The van der Waals surface area contributed by atoms with Crippen LogP contribution in [0.4, 0.5) is 0 Å². The number of benzene rings is 1. The maximum absolute atomic E-state index is 8.25. The Morgan fingerprint density at radius 3 is 2.42 bits per heavy atom. The lowest BCUT2D eigenvalue weighted by Gasteiger charge is -1.91. The maximum atomic E-state index is 8.25. The summed E-state index contributed by atoms with van der Waals surface area (Å²) in [6.07, 6.45) is 1.81. The van der Waals surface area contributed by atoms with Gasteiger partial charge >= 0.3 is 0 Å². The number of hydrogen-bond acceptors (Lipinski definition) is 1. The molecule has 0 fully saturated rings. The van der Waals surface area contributed by atoms with E-state index in [0.29, 0.717) is 0 Å². The third kappa shape index (κ3) is 1.80. The molecule has 12 heavy (non-hydrogen) atoms. The Labute approximate surface area is 71.5 Å². The first-order valence-electron chi connectivity index (χ1n) is 3.67. The Morgan fingerprint density at radius 2 is 1.67 bits per heavy atom. The molecule has 0 spiro atoms. The molecule has 2 heteroatoms. The second-order valence-electron chi connectivity index (χ2n) is 2.20. The molecule has 0 unspecified atom stereocenters. The maximum Gasteiger partial charge on any atom is 0.0712 e. The highest BCUT2D eigenvalue weighted by atomic mass is 16.2. The van der Waals surface area contributed by atoms with Crippen molar-refractivity contribution in [1.82, 2.24) is 4.98 Å². The van der Waals surface area contributed by atoms with E-state index >= 15 is 0 Å². The van der Waals surface area contributed by atoms with Crippen molar-refractivity contribution in [3.05, 3.63) is 42.6 Å². The van der Waals surface area contributed by atoms with Gasteiger partial charge in [-0.25, -0.2) is 5.11 Å². The van der Waals surface area contributed by atoms with Crippen LogP contribution < -0.4 is 0 Å². The van der Waals surface area contributed by atoms with E-state index in [0.717, 1.165) is 12.6 Å².